The molecular formula is C25H19BrClN3O4. The van der Waals surface area contributed by atoms with Gasteiger partial charge in [-0.15, -0.1) is 0 Å². The van der Waals surface area contributed by atoms with Crippen LogP contribution in [0.4, 0.5) is 5.69 Å². The van der Waals surface area contributed by atoms with Crippen molar-refractivity contribution < 1.29 is 19.1 Å². The molecule has 0 aliphatic heterocycles. The van der Waals surface area contributed by atoms with Crippen LogP contribution in [-0.2, 0) is 14.4 Å². The highest BCUT2D eigenvalue weighted by molar-refractivity contribution is 9.10. The van der Waals surface area contributed by atoms with E-state index in [1.54, 1.807) is 49.4 Å². The minimum Gasteiger partial charge on any atom is -0.423 e. The van der Waals surface area contributed by atoms with Crippen LogP contribution in [0.25, 0.3) is 6.08 Å². The van der Waals surface area contributed by atoms with Crippen molar-refractivity contribution in [3.8, 4) is 5.75 Å². The Balaban J connectivity index is 1.63. The molecule has 0 aliphatic carbocycles. The van der Waals surface area contributed by atoms with Gasteiger partial charge in [-0.3, -0.25) is 9.59 Å². The van der Waals surface area contributed by atoms with E-state index in [1.807, 2.05) is 30.3 Å². The maximum Gasteiger partial charge on any atom is 0.336 e. The molecule has 0 aliphatic rings. The van der Waals surface area contributed by atoms with E-state index in [1.165, 1.54) is 12.3 Å². The number of hydrazone groups is 1. The molecule has 3 aromatic rings. The largest absolute Gasteiger partial charge is 0.423 e. The lowest BCUT2D eigenvalue weighted by Gasteiger charge is -2.08. The molecule has 0 fully saturated rings. The second kappa shape index (κ2) is 11.9. The summed E-state index contributed by atoms with van der Waals surface area (Å²) in [6.45, 7) is 1.72. The van der Waals surface area contributed by atoms with Gasteiger partial charge in [-0.1, -0.05) is 63.9 Å². The highest BCUT2D eigenvalue weighted by Gasteiger charge is 2.15. The Morgan fingerprint density at radius 3 is 2.53 bits per heavy atom. The number of ether oxygens (including phenoxy) is 1. The standard InChI is InChI=1S/C25H19BrClN3O4/c1-16-20(27)8-5-9-21(16)29-24(32)25(33)30-28-15-18-14-19(26)11-12-22(18)34-23(31)13-10-17-6-3-2-4-7-17/h2-15H,1H3,(H,29,32)(H,30,33)/b13-10+,28-15-. The third-order valence-electron chi connectivity index (χ3n) is 4.49. The molecule has 3 aromatic carbocycles. The lowest BCUT2D eigenvalue weighted by molar-refractivity contribution is -0.136. The first-order valence-corrected chi connectivity index (χ1v) is 11.1. The molecule has 34 heavy (non-hydrogen) atoms. The summed E-state index contributed by atoms with van der Waals surface area (Å²) in [4.78, 5) is 36.5. The smallest absolute Gasteiger partial charge is 0.336 e. The number of rotatable bonds is 6. The molecule has 7 nitrogen and oxygen atoms in total. The van der Waals surface area contributed by atoms with E-state index >= 15 is 0 Å². The van der Waals surface area contributed by atoms with Crippen LogP contribution in [-0.4, -0.2) is 24.0 Å². The van der Waals surface area contributed by atoms with E-state index in [0.717, 1.165) is 5.56 Å². The molecule has 2 N–H and O–H groups in total. The molecule has 0 unspecified atom stereocenters. The highest BCUT2D eigenvalue weighted by Crippen LogP contribution is 2.23. The molecule has 2 amide bonds. The molecule has 0 saturated carbocycles. The molecule has 0 spiro atoms. The SMILES string of the molecule is Cc1c(Cl)cccc1NC(=O)C(=O)N/N=C\c1cc(Br)ccc1OC(=O)/C=C/c1ccccc1. The highest BCUT2D eigenvalue weighted by atomic mass is 79.9. The van der Waals surface area contributed by atoms with Crippen molar-refractivity contribution in [1.82, 2.24) is 5.43 Å². The number of anilines is 1. The van der Waals surface area contributed by atoms with Crippen molar-refractivity contribution in [1.29, 1.82) is 0 Å². The van der Waals surface area contributed by atoms with Crippen LogP contribution in [0.1, 0.15) is 16.7 Å². The van der Waals surface area contributed by atoms with Crippen LogP contribution in [0, 0.1) is 6.92 Å². The quantitative estimate of drug-likeness (QED) is 0.113. The fourth-order valence-corrected chi connectivity index (χ4v) is 3.27. The molecule has 0 radical (unpaired) electrons. The van der Waals surface area contributed by atoms with E-state index in [2.05, 4.69) is 31.8 Å². The molecular weight excluding hydrogens is 522 g/mol. The van der Waals surface area contributed by atoms with Crippen molar-refractivity contribution in [3.63, 3.8) is 0 Å². The van der Waals surface area contributed by atoms with E-state index < -0.39 is 17.8 Å². The van der Waals surface area contributed by atoms with Crippen molar-refractivity contribution in [2.45, 2.75) is 6.92 Å². The number of amides is 2. The Labute approximate surface area is 209 Å². The van der Waals surface area contributed by atoms with E-state index in [9.17, 15) is 14.4 Å². The molecule has 0 atom stereocenters. The molecule has 0 aromatic heterocycles. The molecule has 172 valence electrons. The third-order valence-corrected chi connectivity index (χ3v) is 5.39. The monoisotopic (exact) mass is 539 g/mol. The number of carbonyl (C=O) groups excluding carboxylic acids is 3. The average molecular weight is 541 g/mol. The zero-order valence-corrected chi connectivity index (χ0v) is 20.3. The molecule has 9 heteroatoms. The lowest BCUT2D eigenvalue weighted by atomic mass is 10.2. The average Bonchev–Trinajstić information content (AvgIpc) is 2.83. The second-order valence-electron chi connectivity index (χ2n) is 6.91. The molecule has 0 bridgehead atoms. The minimum atomic E-state index is -0.977. The van der Waals surface area contributed by atoms with Crippen molar-refractivity contribution >= 4 is 63.3 Å². The summed E-state index contributed by atoms with van der Waals surface area (Å²) in [6.07, 6.45) is 4.21. The van der Waals surface area contributed by atoms with Crippen LogP contribution in [0.2, 0.25) is 5.02 Å². The Morgan fingerprint density at radius 2 is 1.76 bits per heavy atom. The summed E-state index contributed by atoms with van der Waals surface area (Å²) in [7, 11) is 0. The number of hydrogen-bond acceptors (Lipinski definition) is 5. The Hall–Kier alpha value is -3.75. The van der Waals surface area contributed by atoms with Crippen LogP contribution in [0.3, 0.4) is 0 Å². The Kier molecular flexibility index (Phi) is 8.73. The van der Waals surface area contributed by atoms with Gasteiger partial charge in [0.05, 0.1) is 6.21 Å². The second-order valence-corrected chi connectivity index (χ2v) is 8.24. The fourth-order valence-electron chi connectivity index (χ4n) is 2.72. The Morgan fingerprint density at radius 1 is 1.00 bits per heavy atom. The number of nitrogens with one attached hydrogen (secondary N) is 2. The summed E-state index contributed by atoms with van der Waals surface area (Å²) in [5, 5.41) is 6.75. The van der Waals surface area contributed by atoms with Crippen LogP contribution in [0.5, 0.6) is 5.75 Å². The van der Waals surface area contributed by atoms with Crippen molar-refractivity contribution in [3.05, 3.63) is 99.0 Å². The first kappa shape index (κ1) is 24.9. The first-order chi connectivity index (χ1) is 16.3. The predicted molar refractivity (Wildman–Crippen MR) is 136 cm³/mol. The number of nitrogens with zero attached hydrogens (tertiary/aromatic N) is 1. The van der Waals surface area contributed by atoms with Crippen molar-refractivity contribution in [2.24, 2.45) is 5.10 Å². The van der Waals surface area contributed by atoms with Gasteiger partial charge in [0.2, 0.25) is 0 Å². The lowest BCUT2D eigenvalue weighted by Crippen LogP contribution is -2.32. The van der Waals surface area contributed by atoms with E-state index in [-0.39, 0.29) is 5.75 Å². The predicted octanol–water partition coefficient (Wildman–Crippen LogP) is 5.12. The summed E-state index contributed by atoms with van der Waals surface area (Å²) in [5.74, 6) is -2.24. The molecule has 3 rings (SSSR count). The number of esters is 1. The van der Waals surface area contributed by atoms with Gasteiger partial charge in [-0.25, -0.2) is 10.2 Å². The summed E-state index contributed by atoms with van der Waals surface area (Å²) < 4.78 is 6.09. The van der Waals surface area contributed by atoms with Gasteiger partial charge < -0.3 is 10.1 Å². The van der Waals surface area contributed by atoms with Crippen LogP contribution >= 0.6 is 27.5 Å². The van der Waals surface area contributed by atoms with Crippen molar-refractivity contribution in [2.75, 3.05) is 5.32 Å². The summed E-state index contributed by atoms with van der Waals surface area (Å²) >= 11 is 9.36. The number of hydrogen-bond donors (Lipinski definition) is 2. The van der Waals surface area contributed by atoms with Gasteiger partial charge in [0.25, 0.3) is 0 Å². The fraction of sp³-hybridized carbons (Fsp3) is 0.0400. The van der Waals surface area contributed by atoms with Gasteiger partial charge in [0.15, 0.2) is 0 Å². The molecule has 0 heterocycles. The van der Waals surface area contributed by atoms with Crippen LogP contribution in [0.15, 0.2) is 82.4 Å². The van der Waals surface area contributed by atoms with Gasteiger partial charge in [-0.05, 0) is 54.5 Å². The van der Waals surface area contributed by atoms with E-state index in [0.29, 0.717) is 26.3 Å². The first-order valence-electron chi connectivity index (χ1n) is 9.97. The molecule has 0 saturated heterocycles. The maximum atomic E-state index is 12.2. The summed E-state index contributed by atoms with van der Waals surface area (Å²) in [6, 6.07) is 19.2. The maximum absolute atomic E-state index is 12.2. The van der Waals surface area contributed by atoms with Gasteiger partial charge in [0.1, 0.15) is 5.75 Å². The van der Waals surface area contributed by atoms with Gasteiger partial charge >= 0.3 is 17.8 Å². The normalized spacial score (nSPS) is 10.9. The van der Waals surface area contributed by atoms with E-state index in [4.69, 9.17) is 16.3 Å². The zero-order chi connectivity index (χ0) is 24.5. The minimum absolute atomic E-state index is 0.225. The number of halogens is 2. The number of carbonyl (C=O) groups is 3. The Bertz CT molecular complexity index is 1280. The third kappa shape index (κ3) is 7.13. The van der Waals surface area contributed by atoms with Gasteiger partial charge in [0, 0.05) is 26.8 Å². The topological polar surface area (TPSA) is 96.9 Å². The zero-order valence-electron chi connectivity index (χ0n) is 17.9. The number of benzene rings is 3. The van der Waals surface area contributed by atoms with Crippen LogP contribution < -0.4 is 15.5 Å². The van der Waals surface area contributed by atoms with Gasteiger partial charge in [-0.2, -0.15) is 5.10 Å². The summed E-state index contributed by atoms with van der Waals surface area (Å²) in [5.41, 5.74) is 4.46.